The summed E-state index contributed by atoms with van der Waals surface area (Å²) in [5, 5.41) is 7.99. The Kier molecular flexibility index (Phi) is 2.08. The van der Waals surface area contributed by atoms with Crippen molar-refractivity contribution < 1.29 is 14.9 Å². The maximum absolute atomic E-state index is 10.6. The number of hydrogen-bond acceptors (Lipinski definition) is 4. The molecular formula is C7H7NO3. The fraction of sp³-hybridized carbons (Fsp3) is 0. The molecule has 4 heteroatoms. The van der Waals surface area contributed by atoms with Crippen molar-refractivity contribution in [2.45, 2.75) is 0 Å². The summed E-state index contributed by atoms with van der Waals surface area (Å²) in [5.41, 5.74) is 6.04. The third-order valence-corrected chi connectivity index (χ3v) is 1.21. The van der Waals surface area contributed by atoms with Crippen LogP contribution in [-0.2, 0) is 4.89 Å². The normalized spacial score (nSPS) is 9.18. The van der Waals surface area contributed by atoms with Crippen LogP contribution in [0.4, 0.5) is 5.69 Å². The van der Waals surface area contributed by atoms with Crippen molar-refractivity contribution >= 4 is 11.7 Å². The monoisotopic (exact) mass is 153 g/mol. The lowest BCUT2D eigenvalue weighted by molar-refractivity contribution is -0.182. The highest BCUT2D eigenvalue weighted by Crippen LogP contribution is 2.06. The molecule has 0 heterocycles. The average Bonchev–Trinajstić information content (AvgIpc) is 2.03. The fourth-order valence-corrected chi connectivity index (χ4v) is 0.718. The van der Waals surface area contributed by atoms with Gasteiger partial charge >= 0.3 is 5.97 Å². The molecule has 0 aliphatic rings. The van der Waals surface area contributed by atoms with Crippen molar-refractivity contribution in [3.8, 4) is 0 Å². The SMILES string of the molecule is Nc1cccc(C(=O)OO)c1. The van der Waals surface area contributed by atoms with Crippen molar-refractivity contribution in [1.82, 2.24) is 0 Å². The van der Waals surface area contributed by atoms with E-state index in [2.05, 4.69) is 4.89 Å². The van der Waals surface area contributed by atoms with Gasteiger partial charge in [0.05, 0.1) is 5.56 Å². The largest absolute Gasteiger partial charge is 0.399 e. The third-order valence-electron chi connectivity index (χ3n) is 1.21. The average molecular weight is 153 g/mol. The first-order valence-corrected chi connectivity index (χ1v) is 2.95. The number of anilines is 1. The zero-order chi connectivity index (χ0) is 8.27. The predicted octanol–water partition coefficient (Wildman–Crippen LogP) is 0.899. The Morgan fingerprint density at radius 3 is 2.82 bits per heavy atom. The summed E-state index contributed by atoms with van der Waals surface area (Å²) in [6.07, 6.45) is 0. The lowest BCUT2D eigenvalue weighted by Gasteiger charge is -1.96. The maximum Gasteiger partial charge on any atom is 0.372 e. The summed E-state index contributed by atoms with van der Waals surface area (Å²) in [6, 6.07) is 6.14. The lowest BCUT2D eigenvalue weighted by Crippen LogP contribution is -2.01. The zero-order valence-electron chi connectivity index (χ0n) is 5.65. The minimum Gasteiger partial charge on any atom is -0.399 e. The molecule has 0 bridgehead atoms. The Balaban J connectivity index is 2.96. The second kappa shape index (κ2) is 3.03. The first-order valence-electron chi connectivity index (χ1n) is 2.95. The molecule has 0 amide bonds. The van der Waals surface area contributed by atoms with Gasteiger partial charge in [0.1, 0.15) is 0 Å². The molecule has 3 N–H and O–H groups in total. The Labute approximate surface area is 63.1 Å². The van der Waals surface area contributed by atoms with Gasteiger partial charge in [-0.05, 0) is 18.2 Å². The van der Waals surface area contributed by atoms with E-state index in [4.69, 9.17) is 11.0 Å². The van der Waals surface area contributed by atoms with Crippen LogP contribution >= 0.6 is 0 Å². The van der Waals surface area contributed by atoms with Gasteiger partial charge in [0.25, 0.3) is 0 Å². The molecule has 1 aromatic carbocycles. The number of carbonyl (C=O) groups is 1. The number of rotatable bonds is 1. The van der Waals surface area contributed by atoms with Crippen LogP contribution in [0.1, 0.15) is 10.4 Å². The van der Waals surface area contributed by atoms with Gasteiger partial charge in [-0.2, -0.15) is 5.26 Å². The molecule has 0 atom stereocenters. The first-order chi connectivity index (χ1) is 5.24. The highest BCUT2D eigenvalue weighted by molar-refractivity contribution is 5.89. The van der Waals surface area contributed by atoms with E-state index >= 15 is 0 Å². The van der Waals surface area contributed by atoms with Crippen LogP contribution in [0, 0.1) is 0 Å². The molecule has 0 saturated heterocycles. The van der Waals surface area contributed by atoms with Gasteiger partial charge in [-0.15, -0.1) is 0 Å². The molecule has 0 aromatic heterocycles. The molecule has 0 aliphatic carbocycles. The minimum atomic E-state index is -0.808. The summed E-state index contributed by atoms with van der Waals surface area (Å²) in [4.78, 5) is 14.1. The van der Waals surface area contributed by atoms with Crippen molar-refractivity contribution in [2.75, 3.05) is 5.73 Å². The fourth-order valence-electron chi connectivity index (χ4n) is 0.718. The predicted molar refractivity (Wildman–Crippen MR) is 38.9 cm³/mol. The molecule has 58 valence electrons. The Hall–Kier alpha value is -1.55. The quantitative estimate of drug-likeness (QED) is 0.357. The third kappa shape index (κ3) is 1.68. The molecule has 1 rings (SSSR count). The van der Waals surface area contributed by atoms with Gasteiger partial charge in [0, 0.05) is 5.69 Å². The summed E-state index contributed by atoms with van der Waals surface area (Å²) in [7, 11) is 0. The molecule has 0 unspecified atom stereocenters. The molecule has 0 spiro atoms. The van der Waals surface area contributed by atoms with E-state index in [0.29, 0.717) is 5.69 Å². The summed E-state index contributed by atoms with van der Waals surface area (Å²) in [6.45, 7) is 0. The van der Waals surface area contributed by atoms with E-state index in [1.54, 1.807) is 12.1 Å². The van der Waals surface area contributed by atoms with Gasteiger partial charge in [-0.1, -0.05) is 6.07 Å². The van der Waals surface area contributed by atoms with Crippen molar-refractivity contribution in [3.63, 3.8) is 0 Å². The molecule has 4 nitrogen and oxygen atoms in total. The number of nitrogen functional groups attached to an aromatic ring is 1. The van der Waals surface area contributed by atoms with Crippen molar-refractivity contribution in [3.05, 3.63) is 29.8 Å². The molecular weight excluding hydrogens is 146 g/mol. The first kappa shape index (κ1) is 7.56. The van der Waals surface area contributed by atoms with Gasteiger partial charge in [0.2, 0.25) is 0 Å². The van der Waals surface area contributed by atoms with Crippen LogP contribution in [0.5, 0.6) is 0 Å². The lowest BCUT2D eigenvalue weighted by atomic mass is 10.2. The smallest absolute Gasteiger partial charge is 0.372 e. The van der Waals surface area contributed by atoms with E-state index in [1.807, 2.05) is 0 Å². The number of carbonyl (C=O) groups excluding carboxylic acids is 1. The van der Waals surface area contributed by atoms with E-state index in [-0.39, 0.29) is 5.56 Å². The van der Waals surface area contributed by atoms with E-state index in [0.717, 1.165) is 0 Å². The molecule has 11 heavy (non-hydrogen) atoms. The summed E-state index contributed by atoms with van der Waals surface area (Å²) in [5.74, 6) is -0.808. The van der Waals surface area contributed by atoms with E-state index in [1.165, 1.54) is 12.1 Å². The van der Waals surface area contributed by atoms with Crippen LogP contribution in [0.15, 0.2) is 24.3 Å². The van der Waals surface area contributed by atoms with Gasteiger partial charge < -0.3 is 5.73 Å². The second-order valence-electron chi connectivity index (χ2n) is 2.00. The molecule has 1 aromatic rings. The summed E-state index contributed by atoms with van der Waals surface area (Å²) < 4.78 is 0. The van der Waals surface area contributed by atoms with E-state index in [9.17, 15) is 4.79 Å². The highest BCUT2D eigenvalue weighted by Gasteiger charge is 2.05. The maximum atomic E-state index is 10.6. The number of hydrogen-bond donors (Lipinski definition) is 2. The standard InChI is InChI=1S/C7H7NO3/c8-6-3-1-2-5(4-6)7(9)11-10/h1-4,10H,8H2. The Bertz CT molecular complexity index is 272. The molecule has 0 radical (unpaired) electrons. The Morgan fingerprint density at radius 2 is 2.27 bits per heavy atom. The number of nitrogens with two attached hydrogens (primary N) is 1. The molecule has 0 aliphatic heterocycles. The second-order valence-corrected chi connectivity index (χ2v) is 2.00. The molecule has 0 saturated carbocycles. The van der Waals surface area contributed by atoms with Crippen LogP contribution in [0.2, 0.25) is 0 Å². The van der Waals surface area contributed by atoms with Crippen LogP contribution in [0.3, 0.4) is 0 Å². The van der Waals surface area contributed by atoms with Crippen LogP contribution in [0.25, 0.3) is 0 Å². The van der Waals surface area contributed by atoms with Crippen molar-refractivity contribution in [1.29, 1.82) is 0 Å². The van der Waals surface area contributed by atoms with Gasteiger partial charge in [0.15, 0.2) is 0 Å². The zero-order valence-corrected chi connectivity index (χ0v) is 5.65. The van der Waals surface area contributed by atoms with Crippen LogP contribution < -0.4 is 5.73 Å². The minimum absolute atomic E-state index is 0.229. The topological polar surface area (TPSA) is 72.6 Å². The van der Waals surface area contributed by atoms with Gasteiger partial charge in [-0.3, -0.25) is 4.89 Å². The van der Waals surface area contributed by atoms with Gasteiger partial charge in [-0.25, -0.2) is 4.79 Å². The number of benzene rings is 1. The van der Waals surface area contributed by atoms with Crippen LogP contribution in [-0.4, -0.2) is 11.2 Å². The molecule has 0 fully saturated rings. The highest BCUT2D eigenvalue weighted by atomic mass is 17.1. The van der Waals surface area contributed by atoms with E-state index < -0.39 is 5.97 Å². The summed E-state index contributed by atoms with van der Waals surface area (Å²) >= 11 is 0. The van der Waals surface area contributed by atoms with Crippen molar-refractivity contribution in [2.24, 2.45) is 0 Å². The Morgan fingerprint density at radius 1 is 1.55 bits per heavy atom.